The van der Waals surface area contributed by atoms with Crippen molar-refractivity contribution in [2.45, 2.75) is 6.42 Å². The van der Waals surface area contributed by atoms with Crippen molar-refractivity contribution in [2.75, 3.05) is 0 Å². The maximum Gasteiger partial charge on any atom is 0.355 e. The van der Waals surface area contributed by atoms with E-state index in [9.17, 15) is 13.6 Å². The molecule has 0 fully saturated rings. The smallest absolute Gasteiger partial charge is 0.355 e. The lowest BCUT2D eigenvalue weighted by Gasteiger charge is -2.01. The Kier molecular flexibility index (Phi) is 4.16. The molecule has 136 valence electrons. The summed E-state index contributed by atoms with van der Waals surface area (Å²) in [6.45, 7) is 0. The second-order valence-electron chi connectivity index (χ2n) is 5.39. The minimum atomic E-state index is -1.16. The predicted molar refractivity (Wildman–Crippen MR) is 88.5 cm³/mol. The Morgan fingerprint density at radius 2 is 2.11 bits per heavy atom. The van der Waals surface area contributed by atoms with Gasteiger partial charge in [-0.25, -0.2) is 23.2 Å². The van der Waals surface area contributed by atoms with Crippen molar-refractivity contribution in [1.29, 1.82) is 0 Å². The number of nitrogens with zero attached hydrogens (tertiary/aromatic N) is 6. The molecule has 3 heterocycles. The molecule has 0 aliphatic heterocycles. The van der Waals surface area contributed by atoms with Crippen molar-refractivity contribution in [3.8, 4) is 16.4 Å². The van der Waals surface area contributed by atoms with Gasteiger partial charge in [-0.05, 0) is 24.3 Å². The average Bonchev–Trinajstić information content (AvgIpc) is 3.37. The molecule has 4 aromatic rings. The number of tetrazole rings is 1. The van der Waals surface area contributed by atoms with E-state index in [2.05, 4.69) is 30.7 Å². The topological polar surface area (TPSA) is 122 Å². The molecule has 2 N–H and O–H groups in total. The Morgan fingerprint density at radius 1 is 1.26 bits per heavy atom. The third-order valence-electron chi connectivity index (χ3n) is 3.62. The number of aromatic carboxylic acids is 1. The van der Waals surface area contributed by atoms with Crippen molar-refractivity contribution >= 4 is 17.3 Å². The van der Waals surface area contributed by atoms with E-state index in [1.807, 2.05) is 0 Å². The van der Waals surface area contributed by atoms with Gasteiger partial charge in [0.15, 0.2) is 23.2 Å². The van der Waals surface area contributed by atoms with Crippen LogP contribution in [0, 0.1) is 11.6 Å². The monoisotopic (exact) mass is 389 g/mol. The Morgan fingerprint density at radius 3 is 2.78 bits per heavy atom. The summed E-state index contributed by atoms with van der Waals surface area (Å²) in [6, 6.07) is 5.08. The number of nitrogens with one attached hydrogen (secondary N) is 1. The Bertz CT molecular complexity index is 1120. The van der Waals surface area contributed by atoms with Crippen molar-refractivity contribution in [3.05, 3.63) is 58.5 Å². The molecule has 3 aromatic heterocycles. The lowest BCUT2D eigenvalue weighted by atomic mass is 10.1. The summed E-state index contributed by atoms with van der Waals surface area (Å²) in [4.78, 5) is 15.1. The fourth-order valence-electron chi connectivity index (χ4n) is 2.39. The molecule has 0 amide bonds. The second kappa shape index (κ2) is 6.64. The molecular weight excluding hydrogens is 380 g/mol. The highest BCUT2D eigenvalue weighted by atomic mass is 32.1. The maximum absolute atomic E-state index is 13.6. The quantitative estimate of drug-likeness (QED) is 0.536. The van der Waals surface area contributed by atoms with E-state index in [1.54, 1.807) is 6.07 Å². The number of carbonyl (C=O) groups is 1. The molecule has 0 atom stereocenters. The normalized spacial score (nSPS) is 11.0. The van der Waals surface area contributed by atoms with Gasteiger partial charge in [-0.2, -0.15) is 10.3 Å². The van der Waals surface area contributed by atoms with Crippen LogP contribution < -0.4 is 0 Å². The first-order valence-corrected chi connectivity index (χ1v) is 8.35. The number of H-pyrrole nitrogens is 1. The molecule has 4 rings (SSSR count). The fraction of sp³-hybridized carbons (Fsp3) is 0.0667. The lowest BCUT2D eigenvalue weighted by Crippen LogP contribution is -2.05. The maximum atomic E-state index is 13.6. The van der Waals surface area contributed by atoms with Crippen LogP contribution in [0.3, 0.4) is 0 Å². The zero-order chi connectivity index (χ0) is 19.0. The standard InChI is InChI=1S/C15H9F2N7O2S/c16-9-2-1-7(3-10(9)17)11-4-8(5-13-19-22-23-20-13)24(21-11)15-18-12(6-27-15)14(25)26/h1-4,6H,5H2,(H,25,26)(H,19,20,22,23). The molecule has 9 nitrogen and oxygen atoms in total. The number of carboxylic acids is 1. The molecule has 0 spiro atoms. The number of hydrogen-bond acceptors (Lipinski definition) is 7. The molecule has 1 aromatic carbocycles. The number of hydrogen-bond donors (Lipinski definition) is 2. The number of aromatic amines is 1. The third kappa shape index (κ3) is 3.29. The predicted octanol–water partition coefficient (Wildman–Crippen LogP) is 2.08. The number of aromatic nitrogens is 7. The van der Waals surface area contributed by atoms with Gasteiger partial charge in [0, 0.05) is 10.9 Å². The zero-order valence-electron chi connectivity index (χ0n) is 13.3. The molecule has 0 saturated heterocycles. The van der Waals surface area contributed by atoms with E-state index in [0.29, 0.717) is 27.9 Å². The first-order chi connectivity index (χ1) is 13.0. The summed E-state index contributed by atoms with van der Waals surface area (Å²) in [5.74, 6) is -2.74. The number of rotatable bonds is 5. The van der Waals surface area contributed by atoms with Crippen LogP contribution in [0.4, 0.5) is 8.78 Å². The van der Waals surface area contributed by atoms with E-state index in [1.165, 1.54) is 16.1 Å². The van der Waals surface area contributed by atoms with E-state index in [4.69, 9.17) is 5.11 Å². The van der Waals surface area contributed by atoms with Crippen LogP contribution in [-0.4, -0.2) is 46.5 Å². The molecule has 0 aliphatic rings. The molecule has 0 radical (unpaired) electrons. The zero-order valence-corrected chi connectivity index (χ0v) is 14.1. The highest BCUT2D eigenvalue weighted by Gasteiger charge is 2.18. The van der Waals surface area contributed by atoms with Gasteiger partial charge in [0.1, 0.15) is 0 Å². The van der Waals surface area contributed by atoms with Crippen molar-refractivity contribution in [1.82, 2.24) is 35.4 Å². The van der Waals surface area contributed by atoms with E-state index < -0.39 is 17.6 Å². The molecule has 27 heavy (non-hydrogen) atoms. The molecule has 0 aliphatic carbocycles. The number of thiazole rings is 1. The van der Waals surface area contributed by atoms with Gasteiger partial charge in [0.25, 0.3) is 0 Å². The Hall–Kier alpha value is -3.54. The fourth-order valence-corrected chi connectivity index (χ4v) is 3.17. The average molecular weight is 389 g/mol. The van der Waals surface area contributed by atoms with Gasteiger partial charge >= 0.3 is 5.97 Å². The van der Waals surface area contributed by atoms with Crippen molar-refractivity contribution in [3.63, 3.8) is 0 Å². The largest absolute Gasteiger partial charge is 0.476 e. The van der Waals surface area contributed by atoms with Gasteiger partial charge in [0.2, 0.25) is 5.13 Å². The summed E-state index contributed by atoms with van der Waals surface area (Å²) in [5, 5.41) is 28.7. The van der Waals surface area contributed by atoms with Crippen LogP contribution in [0.5, 0.6) is 0 Å². The Labute approximate surface area is 153 Å². The lowest BCUT2D eigenvalue weighted by molar-refractivity contribution is 0.0691. The molecule has 0 saturated carbocycles. The summed E-state index contributed by atoms with van der Waals surface area (Å²) < 4.78 is 28.2. The van der Waals surface area contributed by atoms with Crippen LogP contribution in [0.1, 0.15) is 22.0 Å². The second-order valence-corrected chi connectivity index (χ2v) is 6.22. The SMILES string of the molecule is O=C(O)c1csc(-n2nc(-c3ccc(F)c(F)c3)cc2Cc2nn[nH]n2)n1. The number of halogens is 2. The highest BCUT2D eigenvalue weighted by Crippen LogP contribution is 2.25. The van der Waals surface area contributed by atoms with Crippen LogP contribution in [0.15, 0.2) is 29.6 Å². The van der Waals surface area contributed by atoms with Gasteiger partial charge in [-0.15, -0.1) is 21.5 Å². The van der Waals surface area contributed by atoms with Crippen LogP contribution in [0.25, 0.3) is 16.4 Å². The van der Waals surface area contributed by atoms with E-state index in [-0.39, 0.29) is 12.1 Å². The van der Waals surface area contributed by atoms with E-state index in [0.717, 1.165) is 23.5 Å². The van der Waals surface area contributed by atoms with Crippen LogP contribution in [-0.2, 0) is 6.42 Å². The minimum Gasteiger partial charge on any atom is -0.476 e. The van der Waals surface area contributed by atoms with Crippen LogP contribution >= 0.6 is 11.3 Å². The van der Waals surface area contributed by atoms with Crippen molar-refractivity contribution < 1.29 is 18.7 Å². The van der Waals surface area contributed by atoms with Gasteiger partial charge < -0.3 is 5.11 Å². The summed E-state index contributed by atoms with van der Waals surface area (Å²) in [6.07, 6.45) is 0.217. The summed E-state index contributed by atoms with van der Waals surface area (Å²) in [5.41, 5.74) is 1.17. The van der Waals surface area contributed by atoms with Crippen molar-refractivity contribution in [2.24, 2.45) is 0 Å². The first-order valence-electron chi connectivity index (χ1n) is 7.47. The van der Waals surface area contributed by atoms with Gasteiger partial charge in [0.05, 0.1) is 17.8 Å². The minimum absolute atomic E-state index is 0.120. The van der Waals surface area contributed by atoms with Crippen LogP contribution in [0.2, 0.25) is 0 Å². The summed E-state index contributed by atoms with van der Waals surface area (Å²) in [7, 11) is 0. The molecule has 0 unspecified atom stereocenters. The van der Waals surface area contributed by atoms with Gasteiger partial charge in [-0.1, -0.05) is 5.21 Å². The molecule has 12 heteroatoms. The molecule has 0 bridgehead atoms. The third-order valence-corrected chi connectivity index (χ3v) is 4.44. The van der Waals surface area contributed by atoms with E-state index >= 15 is 0 Å². The molecular formula is C15H9F2N7O2S. The van der Waals surface area contributed by atoms with Gasteiger partial charge in [-0.3, -0.25) is 0 Å². The summed E-state index contributed by atoms with van der Waals surface area (Å²) >= 11 is 1.08. The number of carboxylic acid groups (broad SMARTS) is 1. The highest BCUT2D eigenvalue weighted by molar-refractivity contribution is 7.12. The first kappa shape index (κ1) is 16.9. The Balaban J connectivity index is 1.80. The number of benzene rings is 1.